The van der Waals surface area contributed by atoms with Gasteiger partial charge in [0.05, 0.1) is 20.3 Å². The van der Waals surface area contributed by atoms with Crippen LogP contribution in [-0.2, 0) is 29.0 Å². The van der Waals surface area contributed by atoms with Crippen LogP contribution in [0.3, 0.4) is 0 Å². The summed E-state index contributed by atoms with van der Waals surface area (Å²) in [5.41, 5.74) is 0.777. The lowest BCUT2D eigenvalue weighted by atomic mass is 10.1. The molecule has 174 valence electrons. The Hall–Kier alpha value is -3.85. The molecule has 3 N–H and O–H groups in total. The molecular formula is C24H28N4O5. The highest BCUT2D eigenvalue weighted by molar-refractivity contribution is 5.93. The van der Waals surface area contributed by atoms with Gasteiger partial charge in [0, 0.05) is 20.1 Å². The topological polar surface area (TPSA) is 114 Å². The zero-order valence-electron chi connectivity index (χ0n) is 18.7. The smallest absolute Gasteiger partial charge is 0.330 e. The van der Waals surface area contributed by atoms with Gasteiger partial charge in [0.2, 0.25) is 5.91 Å². The summed E-state index contributed by atoms with van der Waals surface area (Å²) >= 11 is 0. The number of carbonyl (C=O) groups excluding carboxylic acids is 1. The molecule has 33 heavy (non-hydrogen) atoms. The van der Waals surface area contributed by atoms with Gasteiger partial charge >= 0.3 is 5.69 Å². The first-order chi connectivity index (χ1) is 16.0. The Morgan fingerprint density at radius 2 is 1.79 bits per heavy atom. The van der Waals surface area contributed by atoms with Crippen molar-refractivity contribution in [1.82, 2.24) is 9.55 Å². The van der Waals surface area contributed by atoms with E-state index in [0.717, 1.165) is 11.1 Å². The van der Waals surface area contributed by atoms with E-state index in [9.17, 15) is 14.4 Å². The van der Waals surface area contributed by atoms with E-state index in [1.54, 1.807) is 7.11 Å². The number of aromatic amines is 1. The van der Waals surface area contributed by atoms with Crippen LogP contribution in [-0.4, -0.2) is 36.3 Å². The number of hydrogen-bond donors (Lipinski definition) is 3. The molecule has 0 saturated carbocycles. The van der Waals surface area contributed by atoms with Crippen molar-refractivity contribution in [3.05, 3.63) is 86.6 Å². The van der Waals surface area contributed by atoms with Crippen LogP contribution in [0.5, 0.6) is 5.75 Å². The third kappa shape index (κ3) is 6.56. The van der Waals surface area contributed by atoms with Crippen LogP contribution in [0.1, 0.15) is 17.5 Å². The average Bonchev–Trinajstić information content (AvgIpc) is 2.83. The minimum Gasteiger partial charge on any atom is -0.497 e. The van der Waals surface area contributed by atoms with Gasteiger partial charge in [-0.15, -0.1) is 0 Å². The molecule has 0 spiro atoms. The van der Waals surface area contributed by atoms with E-state index in [1.165, 1.54) is 11.7 Å². The molecule has 0 bridgehead atoms. The predicted molar refractivity (Wildman–Crippen MR) is 127 cm³/mol. The van der Waals surface area contributed by atoms with E-state index in [2.05, 4.69) is 15.6 Å². The Labute approximate surface area is 191 Å². The van der Waals surface area contributed by atoms with Crippen LogP contribution >= 0.6 is 0 Å². The van der Waals surface area contributed by atoms with Crippen molar-refractivity contribution in [2.24, 2.45) is 0 Å². The molecule has 0 fully saturated rings. The van der Waals surface area contributed by atoms with Gasteiger partial charge in [0.15, 0.2) is 0 Å². The number of anilines is 2. The van der Waals surface area contributed by atoms with Crippen molar-refractivity contribution in [3.8, 4) is 5.75 Å². The first-order valence-electron chi connectivity index (χ1n) is 10.6. The third-order valence-electron chi connectivity index (χ3n) is 5.06. The van der Waals surface area contributed by atoms with Crippen LogP contribution in [0.4, 0.5) is 11.5 Å². The molecule has 3 aromatic rings. The zero-order chi connectivity index (χ0) is 23.6. The minimum atomic E-state index is -0.620. The van der Waals surface area contributed by atoms with Gasteiger partial charge in [-0.25, -0.2) is 4.79 Å². The maximum absolute atomic E-state index is 12.8. The van der Waals surface area contributed by atoms with E-state index < -0.39 is 11.2 Å². The maximum Gasteiger partial charge on any atom is 0.330 e. The molecule has 0 unspecified atom stereocenters. The molecule has 3 rings (SSSR count). The van der Waals surface area contributed by atoms with Crippen LogP contribution in [0.25, 0.3) is 0 Å². The summed E-state index contributed by atoms with van der Waals surface area (Å²) in [4.78, 5) is 40.2. The average molecular weight is 453 g/mol. The maximum atomic E-state index is 12.8. The van der Waals surface area contributed by atoms with Gasteiger partial charge in [-0.05, 0) is 29.7 Å². The Balaban J connectivity index is 1.83. The van der Waals surface area contributed by atoms with Crippen LogP contribution in [0.2, 0.25) is 0 Å². The summed E-state index contributed by atoms with van der Waals surface area (Å²) < 4.78 is 11.6. The third-order valence-corrected chi connectivity index (χ3v) is 5.06. The van der Waals surface area contributed by atoms with E-state index in [-0.39, 0.29) is 37.0 Å². The number of aryl methyl sites for hydroxylation is 1. The van der Waals surface area contributed by atoms with Crippen LogP contribution in [0, 0.1) is 0 Å². The van der Waals surface area contributed by atoms with Gasteiger partial charge in [0.1, 0.15) is 17.3 Å². The molecule has 2 aromatic carbocycles. The summed E-state index contributed by atoms with van der Waals surface area (Å²) in [7, 11) is 3.10. The second-order valence-corrected chi connectivity index (χ2v) is 7.37. The predicted octanol–water partition coefficient (Wildman–Crippen LogP) is 2.38. The SMILES string of the molecule is COCCn1c(NC(=O)CCc2cccc(OC)c2)c(NCc2ccccc2)c(=O)[nH]c1=O. The minimum absolute atomic E-state index is 0.115. The molecule has 0 aliphatic carbocycles. The number of methoxy groups -OCH3 is 2. The Kier molecular flexibility index (Phi) is 8.43. The number of nitrogens with zero attached hydrogens (tertiary/aromatic N) is 1. The molecule has 0 aliphatic heterocycles. The fraction of sp³-hybridized carbons (Fsp3) is 0.292. The highest BCUT2D eigenvalue weighted by Gasteiger charge is 2.17. The lowest BCUT2D eigenvalue weighted by Gasteiger charge is -2.18. The Morgan fingerprint density at radius 3 is 2.52 bits per heavy atom. The number of benzene rings is 2. The number of H-pyrrole nitrogens is 1. The Bertz CT molecular complexity index is 1190. The van der Waals surface area contributed by atoms with Crippen molar-refractivity contribution in [1.29, 1.82) is 0 Å². The quantitative estimate of drug-likeness (QED) is 0.412. The Morgan fingerprint density at radius 1 is 1.03 bits per heavy atom. The normalized spacial score (nSPS) is 10.6. The van der Waals surface area contributed by atoms with E-state index >= 15 is 0 Å². The fourth-order valence-corrected chi connectivity index (χ4v) is 3.33. The van der Waals surface area contributed by atoms with E-state index in [0.29, 0.717) is 18.7 Å². The molecule has 0 atom stereocenters. The van der Waals surface area contributed by atoms with Crippen molar-refractivity contribution in [3.63, 3.8) is 0 Å². The molecule has 0 radical (unpaired) electrons. The molecule has 1 heterocycles. The fourth-order valence-electron chi connectivity index (χ4n) is 3.33. The zero-order valence-corrected chi connectivity index (χ0v) is 18.7. The number of carbonyl (C=O) groups is 1. The van der Waals surface area contributed by atoms with Crippen molar-refractivity contribution in [2.75, 3.05) is 31.5 Å². The first-order valence-corrected chi connectivity index (χ1v) is 10.6. The molecule has 1 amide bonds. The highest BCUT2D eigenvalue weighted by Crippen LogP contribution is 2.18. The number of amides is 1. The number of aromatic nitrogens is 2. The second-order valence-electron chi connectivity index (χ2n) is 7.37. The van der Waals surface area contributed by atoms with Gasteiger partial charge in [-0.2, -0.15) is 0 Å². The summed E-state index contributed by atoms with van der Waals surface area (Å²) in [5.74, 6) is 0.507. The van der Waals surface area contributed by atoms with Crippen LogP contribution in [0.15, 0.2) is 64.2 Å². The standard InChI is InChI=1S/C24H28N4O5/c1-32-14-13-28-22(26-20(29)12-11-17-9-6-10-19(15-17)33-2)21(23(30)27-24(28)31)25-16-18-7-4-3-5-8-18/h3-10,15,25H,11-14,16H2,1-2H3,(H,26,29)(H,27,30,31). The number of nitrogens with one attached hydrogen (secondary N) is 3. The largest absolute Gasteiger partial charge is 0.497 e. The van der Waals surface area contributed by atoms with Crippen molar-refractivity contribution >= 4 is 17.4 Å². The van der Waals surface area contributed by atoms with Gasteiger partial charge in [-0.1, -0.05) is 42.5 Å². The summed E-state index contributed by atoms with van der Waals surface area (Å²) in [6.45, 7) is 0.744. The molecule has 9 heteroatoms. The molecule has 1 aromatic heterocycles. The summed E-state index contributed by atoms with van der Waals surface area (Å²) in [6, 6.07) is 17.0. The van der Waals surface area contributed by atoms with Crippen LogP contribution < -0.4 is 26.6 Å². The van der Waals surface area contributed by atoms with Crippen molar-refractivity contribution in [2.45, 2.75) is 25.9 Å². The lowest BCUT2D eigenvalue weighted by molar-refractivity contribution is -0.116. The van der Waals surface area contributed by atoms with Crippen molar-refractivity contribution < 1.29 is 14.3 Å². The summed E-state index contributed by atoms with van der Waals surface area (Å²) in [5, 5.41) is 5.82. The van der Waals surface area contributed by atoms with Gasteiger partial charge in [0.25, 0.3) is 5.56 Å². The highest BCUT2D eigenvalue weighted by atomic mass is 16.5. The van der Waals surface area contributed by atoms with E-state index in [4.69, 9.17) is 9.47 Å². The first kappa shape index (κ1) is 23.8. The van der Waals surface area contributed by atoms with Gasteiger partial charge < -0.3 is 20.1 Å². The molecule has 0 saturated heterocycles. The lowest BCUT2D eigenvalue weighted by Crippen LogP contribution is -2.36. The number of hydrogen-bond acceptors (Lipinski definition) is 6. The monoisotopic (exact) mass is 452 g/mol. The second kappa shape index (κ2) is 11.7. The number of ether oxygens (including phenoxy) is 2. The molecule has 0 aliphatic rings. The summed E-state index contributed by atoms with van der Waals surface area (Å²) in [6.07, 6.45) is 0.637. The molecule has 9 nitrogen and oxygen atoms in total. The number of rotatable bonds is 11. The van der Waals surface area contributed by atoms with E-state index in [1.807, 2.05) is 54.6 Å². The van der Waals surface area contributed by atoms with Gasteiger partial charge in [-0.3, -0.25) is 19.1 Å². The molecular weight excluding hydrogens is 424 g/mol.